The number of carbonyl (C=O) groups is 1. The van der Waals surface area contributed by atoms with E-state index in [2.05, 4.69) is 20.9 Å². The second-order valence-electron chi connectivity index (χ2n) is 3.20. The highest BCUT2D eigenvalue weighted by Crippen LogP contribution is 2.33. The molecule has 0 radical (unpaired) electrons. The van der Waals surface area contributed by atoms with Crippen molar-refractivity contribution in [3.8, 4) is 5.75 Å². The van der Waals surface area contributed by atoms with E-state index in [0.29, 0.717) is 16.5 Å². The van der Waals surface area contributed by atoms with Gasteiger partial charge in [0.1, 0.15) is 5.75 Å². The van der Waals surface area contributed by atoms with Gasteiger partial charge >= 0.3 is 5.97 Å². The van der Waals surface area contributed by atoms with Gasteiger partial charge in [-0.15, -0.1) is 0 Å². The fourth-order valence-electron chi connectivity index (χ4n) is 1.57. The maximum Gasteiger partial charge on any atom is 0.307 e. The fourth-order valence-corrected chi connectivity index (χ4v) is 2.01. The van der Waals surface area contributed by atoms with E-state index in [4.69, 9.17) is 5.11 Å². The smallest absolute Gasteiger partial charge is 0.307 e. The summed E-state index contributed by atoms with van der Waals surface area (Å²) in [6.45, 7) is 0. The van der Waals surface area contributed by atoms with Crippen LogP contribution < -0.4 is 0 Å². The predicted molar refractivity (Wildman–Crippen MR) is 59.0 cm³/mol. The maximum absolute atomic E-state index is 10.6. The number of H-pyrrole nitrogens is 1. The molecule has 0 aliphatic carbocycles. The molecule has 2 rings (SSSR count). The Kier molecular flexibility index (Phi) is 2.40. The van der Waals surface area contributed by atoms with Crippen molar-refractivity contribution in [1.29, 1.82) is 0 Å². The van der Waals surface area contributed by atoms with Crippen LogP contribution in [0.15, 0.2) is 22.8 Å². The third-order valence-corrected chi connectivity index (χ3v) is 2.85. The topological polar surface area (TPSA) is 73.3 Å². The number of rotatable bonds is 2. The third kappa shape index (κ3) is 1.70. The number of hydrogen-bond donors (Lipinski definition) is 3. The van der Waals surface area contributed by atoms with Crippen molar-refractivity contribution in [1.82, 2.24) is 4.98 Å². The molecular weight excluding hydrogens is 262 g/mol. The minimum absolute atomic E-state index is 0.0886. The van der Waals surface area contributed by atoms with Crippen LogP contribution in [0.2, 0.25) is 0 Å². The number of phenolic OH excluding ortho intramolecular Hbond substituents is 1. The van der Waals surface area contributed by atoms with Gasteiger partial charge < -0.3 is 15.2 Å². The first-order valence-corrected chi connectivity index (χ1v) is 5.08. The molecule has 0 spiro atoms. The highest BCUT2D eigenvalue weighted by molar-refractivity contribution is 9.10. The molecule has 0 fully saturated rings. The molecule has 1 heterocycles. The summed E-state index contributed by atoms with van der Waals surface area (Å²) in [5.41, 5.74) is 1.29. The minimum Gasteiger partial charge on any atom is -0.507 e. The zero-order chi connectivity index (χ0) is 11.0. The van der Waals surface area contributed by atoms with Crippen LogP contribution in [0.4, 0.5) is 0 Å². The van der Waals surface area contributed by atoms with Crippen LogP contribution in [-0.2, 0) is 11.2 Å². The second-order valence-corrected chi connectivity index (χ2v) is 4.06. The van der Waals surface area contributed by atoms with Gasteiger partial charge in [-0.05, 0) is 33.6 Å². The van der Waals surface area contributed by atoms with Crippen molar-refractivity contribution in [2.24, 2.45) is 0 Å². The average Bonchev–Trinajstić information content (AvgIpc) is 2.56. The molecule has 0 bridgehead atoms. The molecule has 0 saturated heterocycles. The van der Waals surface area contributed by atoms with Crippen LogP contribution in [0.5, 0.6) is 5.75 Å². The van der Waals surface area contributed by atoms with Gasteiger partial charge in [-0.3, -0.25) is 4.79 Å². The van der Waals surface area contributed by atoms with E-state index in [1.54, 1.807) is 12.3 Å². The summed E-state index contributed by atoms with van der Waals surface area (Å²) in [7, 11) is 0. The number of carboxylic acids is 1. The molecule has 15 heavy (non-hydrogen) atoms. The largest absolute Gasteiger partial charge is 0.507 e. The number of hydrogen-bond acceptors (Lipinski definition) is 2. The number of benzene rings is 1. The number of nitrogens with one attached hydrogen (secondary N) is 1. The van der Waals surface area contributed by atoms with E-state index in [1.165, 1.54) is 6.07 Å². The van der Waals surface area contributed by atoms with E-state index in [-0.39, 0.29) is 12.2 Å². The van der Waals surface area contributed by atoms with E-state index in [1.807, 2.05) is 0 Å². The first kappa shape index (κ1) is 10.0. The quantitative estimate of drug-likeness (QED) is 0.783. The Balaban J connectivity index is 2.67. The normalized spacial score (nSPS) is 10.7. The summed E-state index contributed by atoms with van der Waals surface area (Å²) < 4.78 is 0.798. The lowest BCUT2D eigenvalue weighted by Crippen LogP contribution is -1.98. The Morgan fingerprint density at radius 2 is 2.20 bits per heavy atom. The summed E-state index contributed by atoms with van der Waals surface area (Å²) >= 11 is 3.32. The first-order valence-electron chi connectivity index (χ1n) is 4.29. The maximum atomic E-state index is 10.6. The number of phenols is 1. The van der Waals surface area contributed by atoms with Gasteiger partial charge in [-0.1, -0.05) is 0 Å². The van der Waals surface area contributed by atoms with Crippen LogP contribution in [0.1, 0.15) is 5.56 Å². The summed E-state index contributed by atoms with van der Waals surface area (Å²) in [6.07, 6.45) is 1.49. The summed E-state index contributed by atoms with van der Waals surface area (Å²) in [5, 5.41) is 18.9. The zero-order valence-corrected chi connectivity index (χ0v) is 9.21. The van der Waals surface area contributed by atoms with Crippen molar-refractivity contribution in [2.75, 3.05) is 0 Å². The molecule has 0 aliphatic heterocycles. The summed E-state index contributed by atoms with van der Waals surface area (Å²) in [4.78, 5) is 13.5. The standard InChI is InChI=1S/C10H8BrNO3/c11-6-1-2-7(13)9-5(3-8(14)15)4-12-10(6)9/h1-2,4,12-13H,3H2,(H,14,15). The van der Waals surface area contributed by atoms with Crippen LogP contribution in [0.3, 0.4) is 0 Å². The van der Waals surface area contributed by atoms with Crippen LogP contribution in [0.25, 0.3) is 10.9 Å². The number of aromatic nitrogens is 1. The fraction of sp³-hybridized carbons (Fsp3) is 0.100. The zero-order valence-electron chi connectivity index (χ0n) is 7.62. The lowest BCUT2D eigenvalue weighted by Gasteiger charge is -1.99. The lowest BCUT2D eigenvalue weighted by molar-refractivity contribution is -0.136. The summed E-state index contributed by atoms with van der Waals surface area (Å²) in [5.74, 6) is -0.832. The molecule has 1 aromatic carbocycles. The summed E-state index contributed by atoms with van der Waals surface area (Å²) in [6, 6.07) is 3.24. The predicted octanol–water partition coefficient (Wildman–Crippen LogP) is 2.26. The van der Waals surface area contributed by atoms with Crippen LogP contribution in [0, 0.1) is 0 Å². The Labute approximate surface area is 93.7 Å². The highest BCUT2D eigenvalue weighted by Gasteiger charge is 2.12. The molecular formula is C10H8BrNO3. The molecule has 0 amide bonds. The van der Waals surface area contributed by atoms with Crippen molar-refractivity contribution in [3.63, 3.8) is 0 Å². The molecule has 5 heteroatoms. The van der Waals surface area contributed by atoms with Crippen molar-refractivity contribution in [2.45, 2.75) is 6.42 Å². The minimum atomic E-state index is -0.921. The number of halogens is 1. The number of aromatic hydroxyl groups is 1. The molecule has 0 atom stereocenters. The van der Waals surface area contributed by atoms with E-state index in [0.717, 1.165) is 4.47 Å². The van der Waals surface area contributed by atoms with E-state index in [9.17, 15) is 9.90 Å². The molecule has 2 aromatic rings. The van der Waals surface area contributed by atoms with Crippen molar-refractivity contribution < 1.29 is 15.0 Å². The number of aromatic amines is 1. The van der Waals surface area contributed by atoms with Gasteiger partial charge in [0.05, 0.1) is 11.9 Å². The lowest BCUT2D eigenvalue weighted by atomic mass is 10.1. The molecule has 0 unspecified atom stereocenters. The van der Waals surface area contributed by atoms with Crippen molar-refractivity contribution >= 4 is 32.8 Å². The third-order valence-electron chi connectivity index (χ3n) is 2.19. The SMILES string of the molecule is O=C(O)Cc1c[nH]c2c(Br)ccc(O)c12. The van der Waals surface area contributed by atoms with E-state index >= 15 is 0 Å². The first-order chi connectivity index (χ1) is 7.09. The Morgan fingerprint density at radius 3 is 2.87 bits per heavy atom. The average molecular weight is 270 g/mol. The second kappa shape index (κ2) is 3.58. The molecule has 0 saturated carbocycles. The Bertz CT molecular complexity index is 533. The Hall–Kier alpha value is -1.49. The van der Waals surface area contributed by atoms with Crippen molar-refractivity contribution in [3.05, 3.63) is 28.4 Å². The Morgan fingerprint density at radius 1 is 1.47 bits per heavy atom. The molecule has 0 aliphatic rings. The monoisotopic (exact) mass is 269 g/mol. The number of carboxylic acid groups (broad SMARTS) is 1. The van der Waals surface area contributed by atoms with Gasteiger partial charge in [0.15, 0.2) is 0 Å². The highest BCUT2D eigenvalue weighted by atomic mass is 79.9. The number of aliphatic carboxylic acids is 1. The van der Waals surface area contributed by atoms with Crippen LogP contribution >= 0.6 is 15.9 Å². The molecule has 3 N–H and O–H groups in total. The van der Waals surface area contributed by atoms with Gasteiger partial charge in [-0.2, -0.15) is 0 Å². The molecule has 1 aromatic heterocycles. The van der Waals surface area contributed by atoms with Gasteiger partial charge in [0.2, 0.25) is 0 Å². The molecule has 4 nitrogen and oxygen atoms in total. The van der Waals surface area contributed by atoms with Crippen LogP contribution in [-0.4, -0.2) is 21.2 Å². The van der Waals surface area contributed by atoms with Gasteiger partial charge in [0.25, 0.3) is 0 Å². The number of fused-ring (bicyclic) bond motifs is 1. The molecule has 78 valence electrons. The van der Waals surface area contributed by atoms with Gasteiger partial charge in [-0.25, -0.2) is 0 Å². The van der Waals surface area contributed by atoms with Gasteiger partial charge in [0, 0.05) is 16.1 Å². The van der Waals surface area contributed by atoms with E-state index < -0.39 is 5.97 Å².